The molecule has 1 aliphatic rings. The molecule has 3 aromatic rings. The number of carbonyl (C=O) groups excluding carboxylic acids is 2. The van der Waals surface area contributed by atoms with Crippen molar-refractivity contribution in [3.8, 4) is 0 Å². The average Bonchev–Trinajstić information content (AvgIpc) is 2.87. The van der Waals surface area contributed by atoms with Gasteiger partial charge in [0.15, 0.2) is 0 Å². The van der Waals surface area contributed by atoms with Gasteiger partial charge in [-0.1, -0.05) is 36.4 Å². The van der Waals surface area contributed by atoms with Crippen LogP contribution in [-0.2, 0) is 28.9 Å². The zero-order chi connectivity index (χ0) is 24.6. The molecular weight excluding hydrogens is 445 g/mol. The van der Waals surface area contributed by atoms with Gasteiger partial charge in [-0.3, -0.25) is 9.59 Å². The Kier molecular flexibility index (Phi) is 8.11. The minimum atomic E-state index is -0.341. The molecule has 182 valence electrons. The number of hydrogen-bond acceptors (Lipinski definition) is 4. The Balaban J connectivity index is 1.53. The van der Waals surface area contributed by atoms with Crippen molar-refractivity contribution in [2.45, 2.75) is 25.8 Å². The number of carbonyl (C=O) groups is 2. The van der Waals surface area contributed by atoms with Crippen LogP contribution in [0.15, 0.2) is 66.7 Å². The highest BCUT2D eigenvalue weighted by molar-refractivity contribution is 6.02. The van der Waals surface area contributed by atoms with Crippen molar-refractivity contribution >= 4 is 23.2 Å². The number of hydrogen-bond donors (Lipinski definition) is 2. The van der Waals surface area contributed by atoms with E-state index in [1.807, 2.05) is 18.2 Å². The van der Waals surface area contributed by atoms with Crippen molar-refractivity contribution in [2.75, 3.05) is 37.0 Å². The molecule has 6 nitrogen and oxygen atoms in total. The number of nitrogens with zero attached hydrogens (tertiary/aromatic N) is 1. The van der Waals surface area contributed by atoms with Crippen LogP contribution in [-0.4, -0.2) is 38.6 Å². The van der Waals surface area contributed by atoms with Gasteiger partial charge in [-0.05, 0) is 59.9 Å². The second kappa shape index (κ2) is 11.6. The Labute approximate surface area is 205 Å². The smallest absolute Gasteiger partial charge is 0.253 e. The minimum absolute atomic E-state index is 0.115. The molecule has 0 radical (unpaired) electrons. The second-order valence-corrected chi connectivity index (χ2v) is 8.63. The molecule has 0 bridgehead atoms. The first-order valence-corrected chi connectivity index (χ1v) is 11.8. The zero-order valence-electron chi connectivity index (χ0n) is 19.9. The zero-order valence-corrected chi connectivity index (χ0v) is 19.9. The Bertz CT molecular complexity index is 1180. The standard InChI is InChI=1S/C28H30FN3O3/c1-35-16-4-14-30-28(34)25-18-24(31-27(33)17-20-7-9-23(29)10-8-20)11-12-26(25)32-15-13-21-5-2-3-6-22(21)19-32/h2-3,5-12,18H,4,13-17,19H2,1H3,(H,30,34)(H,31,33). The Morgan fingerprint density at radius 2 is 1.80 bits per heavy atom. The molecule has 0 saturated heterocycles. The van der Waals surface area contributed by atoms with Gasteiger partial charge in [-0.2, -0.15) is 0 Å². The number of methoxy groups -OCH3 is 1. The molecule has 0 unspecified atom stereocenters. The van der Waals surface area contributed by atoms with Crippen molar-refractivity contribution < 1.29 is 18.7 Å². The third-order valence-corrected chi connectivity index (χ3v) is 6.09. The number of ether oxygens (including phenoxy) is 1. The van der Waals surface area contributed by atoms with E-state index >= 15 is 0 Å². The topological polar surface area (TPSA) is 70.7 Å². The Morgan fingerprint density at radius 1 is 1.03 bits per heavy atom. The lowest BCUT2D eigenvalue weighted by Gasteiger charge is -2.32. The molecule has 4 rings (SSSR count). The van der Waals surface area contributed by atoms with E-state index in [2.05, 4.69) is 33.7 Å². The number of anilines is 2. The Morgan fingerprint density at radius 3 is 2.57 bits per heavy atom. The lowest BCUT2D eigenvalue weighted by atomic mass is 9.98. The maximum absolute atomic E-state index is 13.2. The van der Waals surface area contributed by atoms with Gasteiger partial charge in [-0.25, -0.2) is 4.39 Å². The van der Waals surface area contributed by atoms with Crippen LogP contribution in [0.2, 0.25) is 0 Å². The monoisotopic (exact) mass is 475 g/mol. The van der Waals surface area contributed by atoms with Crippen LogP contribution in [0.1, 0.15) is 33.5 Å². The van der Waals surface area contributed by atoms with E-state index < -0.39 is 0 Å². The molecule has 1 aliphatic heterocycles. The van der Waals surface area contributed by atoms with Crippen LogP contribution < -0.4 is 15.5 Å². The highest BCUT2D eigenvalue weighted by Crippen LogP contribution is 2.29. The molecule has 0 aromatic heterocycles. The molecule has 7 heteroatoms. The quantitative estimate of drug-likeness (QED) is 0.452. The molecule has 0 spiro atoms. The summed E-state index contributed by atoms with van der Waals surface area (Å²) >= 11 is 0. The molecule has 35 heavy (non-hydrogen) atoms. The number of amides is 2. The summed E-state index contributed by atoms with van der Waals surface area (Å²) in [6, 6.07) is 19.6. The predicted molar refractivity (Wildman–Crippen MR) is 135 cm³/mol. The first-order valence-electron chi connectivity index (χ1n) is 11.8. The molecule has 2 N–H and O–H groups in total. The predicted octanol–water partition coefficient (Wildman–Crippen LogP) is 4.34. The van der Waals surface area contributed by atoms with E-state index in [0.29, 0.717) is 36.4 Å². The minimum Gasteiger partial charge on any atom is -0.385 e. The first kappa shape index (κ1) is 24.4. The number of benzene rings is 3. The largest absolute Gasteiger partial charge is 0.385 e. The molecule has 0 atom stereocenters. The number of rotatable bonds is 9. The van der Waals surface area contributed by atoms with Crippen LogP contribution in [0, 0.1) is 5.82 Å². The molecular formula is C28H30FN3O3. The molecule has 0 aliphatic carbocycles. The van der Waals surface area contributed by atoms with E-state index in [4.69, 9.17) is 4.74 Å². The number of nitrogens with one attached hydrogen (secondary N) is 2. The highest BCUT2D eigenvalue weighted by atomic mass is 19.1. The third-order valence-electron chi connectivity index (χ3n) is 6.09. The highest BCUT2D eigenvalue weighted by Gasteiger charge is 2.22. The van der Waals surface area contributed by atoms with Gasteiger partial charge in [0.05, 0.1) is 12.0 Å². The van der Waals surface area contributed by atoms with Crippen molar-refractivity contribution in [3.05, 3.63) is 94.8 Å². The Hall–Kier alpha value is -3.71. The lowest BCUT2D eigenvalue weighted by molar-refractivity contribution is -0.115. The summed E-state index contributed by atoms with van der Waals surface area (Å²) in [6.07, 6.45) is 1.73. The molecule has 3 aromatic carbocycles. The third kappa shape index (κ3) is 6.45. The summed E-state index contributed by atoms with van der Waals surface area (Å²) in [7, 11) is 1.63. The van der Waals surface area contributed by atoms with Crippen LogP contribution in [0.3, 0.4) is 0 Å². The summed E-state index contributed by atoms with van der Waals surface area (Å²) in [5.41, 5.74) is 5.19. The fourth-order valence-electron chi connectivity index (χ4n) is 4.28. The van der Waals surface area contributed by atoms with Crippen LogP contribution in [0.25, 0.3) is 0 Å². The van der Waals surface area contributed by atoms with Gasteiger partial charge in [0, 0.05) is 44.7 Å². The van der Waals surface area contributed by atoms with Crippen molar-refractivity contribution in [2.24, 2.45) is 0 Å². The van der Waals surface area contributed by atoms with E-state index in [9.17, 15) is 14.0 Å². The number of fused-ring (bicyclic) bond motifs is 1. The average molecular weight is 476 g/mol. The summed E-state index contributed by atoms with van der Waals surface area (Å²) in [5.74, 6) is -0.765. The lowest BCUT2D eigenvalue weighted by Crippen LogP contribution is -2.33. The SMILES string of the molecule is COCCCNC(=O)c1cc(NC(=O)Cc2ccc(F)cc2)ccc1N1CCc2ccccc2C1. The second-order valence-electron chi connectivity index (χ2n) is 8.63. The fourth-order valence-corrected chi connectivity index (χ4v) is 4.28. The fraction of sp³-hybridized carbons (Fsp3) is 0.286. The maximum atomic E-state index is 13.2. The summed E-state index contributed by atoms with van der Waals surface area (Å²) in [4.78, 5) is 27.9. The van der Waals surface area contributed by atoms with E-state index in [1.165, 1.54) is 23.3 Å². The molecule has 0 saturated carbocycles. The molecule has 0 fully saturated rings. The number of halogens is 1. The van der Waals surface area contributed by atoms with E-state index in [-0.39, 0.29) is 24.1 Å². The normalized spacial score (nSPS) is 12.7. The van der Waals surface area contributed by atoms with Gasteiger partial charge < -0.3 is 20.3 Å². The van der Waals surface area contributed by atoms with Gasteiger partial charge in [0.1, 0.15) is 5.82 Å². The van der Waals surface area contributed by atoms with Crippen LogP contribution >= 0.6 is 0 Å². The van der Waals surface area contributed by atoms with Crippen molar-refractivity contribution in [3.63, 3.8) is 0 Å². The van der Waals surface area contributed by atoms with Gasteiger partial charge in [0.2, 0.25) is 5.91 Å². The van der Waals surface area contributed by atoms with Crippen molar-refractivity contribution in [1.29, 1.82) is 0 Å². The molecule has 1 heterocycles. The van der Waals surface area contributed by atoms with E-state index in [0.717, 1.165) is 25.2 Å². The van der Waals surface area contributed by atoms with E-state index in [1.54, 1.807) is 25.3 Å². The molecule has 2 amide bonds. The summed E-state index contributed by atoms with van der Waals surface area (Å²) in [5, 5.41) is 5.84. The van der Waals surface area contributed by atoms with Crippen LogP contribution in [0.4, 0.5) is 15.8 Å². The van der Waals surface area contributed by atoms with Gasteiger partial charge in [-0.15, -0.1) is 0 Å². The van der Waals surface area contributed by atoms with Gasteiger partial charge >= 0.3 is 0 Å². The van der Waals surface area contributed by atoms with Gasteiger partial charge in [0.25, 0.3) is 5.91 Å². The van der Waals surface area contributed by atoms with Crippen molar-refractivity contribution in [1.82, 2.24) is 5.32 Å². The summed E-state index contributed by atoms with van der Waals surface area (Å²) < 4.78 is 18.2. The van der Waals surface area contributed by atoms with Crippen LogP contribution in [0.5, 0.6) is 0 Å². The first-order chi connectivity index (χ1) is 17.0. The summed E-state index contributed by atoms with van der Waals surface area (Å²) in [6.45, 7) is 2.58. The maximum Gasteiger partial charge on any atom is 0.253 e.